The van der Waals surface area contributed by atoms with Gasteiger partial charge in [-0.3, -0.25) is 4.79 Å². The fourth-order valence-electron chi connectivity index (χ4n) is 1.91. The maximum atomic E-state index is 11.8. The molecule has 0 bridgehead atoms. The molecule has 2 aromatic rings. The largest absolute Gasteiger partial charge is 0.507 e. The summed E-state index contributed by atoms with van der Waals surface area (Å²) in [7, 11) is 0. The summed E-state index contributed by atoms with van der Waals surface area (Å²) >= 11 is 0. The van der Waals surface area contributed by atoms with Crippen molar-refractivity contribution in [3.8, 4) is 5.75 Å². The molecule has 114 valence electrons. The minimum absolute atomic E-state index is 0.0297. The zero-order valence-electron chi connectivity index (χ0n) is 12.4. The lowest BCUT2D eigenvalue weighted by molar-refractivity contribution is -0.119. The molecular weight excluding hydrogens is 282 g/mol. The zero-order chi connectivity index (χ0) is 16.1. The Morgan fingerprint density at radius 1 is 1.14 bits per heavy atom. The third-order valence-electron chi connectivity index (χ3n) is 3.13. The first-order valence-corrected chi connectivity index (χ1v) is 6.79. The molecule has 2 N–H and O–H groups in total. The van der Waals surface area contributed by atoms with E-state index in [0.29, 0.717) is 5.69 Å². The van der Waals surface area contributed by atoms with Crippen LogP contribution in [0, 0.1) is 13.8 Å². The average Bonchev–Trinajstić information content (AvgIpc) is 2.49. The van der Waals surface area contributed by atoms with Gasteiger partial charge < -0.3 is 15.2 Å². The second kappa shape index (κ2) is 6.76. The van der Waals surface area contributed by atoms with E-state index < -0.39 is 18.5 Å². The normalized spacial score (nSPS) is 10.1. The highest BCUT2D eigenvalue weighted by molar-refractivity contribution is 5.97. The van der Waals surface area contributed by atoms with Crippen molar-refractivity contribution in [1.29, 1.82) is 0 Å². The van der Waals surface area contributed by atoms with Crippen LogP contribution < -0.4 is 5.32 Å². The van der Waals surface area contributed by atoms with Gasteiger partial charge in [0.05, 0.1) is 0 Å². The predicted octanol–water partition coefficient (Wildman–Crippen LogP) is 2.80. The van der Waals surface area contributed by atoms with Crippen LogP contribution >= 0.6 is 0 Å². The van der Waals surface area contributed by atoms with Crippen molar-refractivity contribution in [2.45, 2.75) is 13.8 Å². The molecular formula is C17H17NO4. The molecule has 0 heterocycles. The fraction of sp³-hybridized carbons (Fsp3) is 0.176. The second-order valence-corrected chi connectivity index (χ2v) is 4.96. The van der Waals surface area contributed by atoms with Crippen molar-refractivity contribution in [2.75, 3.05) is 11.9 Å². The predicted molar refractivity (Wildman–Crippen MR) is 82.9 cm³/mol. The number of ether oxygens (including phenoxy) is 1. The summed E-state index contributed by atoms with van der Waals surface area (Å²) in [6.07, 6.45) is 0. The van der Waals surface area contributed by atoms with Crippen molar-refractivity contribution in [1.82, 2.24) is 0 Å². The van der Waals surface area contributed by atoms with Gasteiger partial charge in [-0.15, -0.1) is 0 Å². The Kier molecular flexibility index (Phi) is 4.78. The van der Waals surface area contributed by atoms with E-state index in [4.69, 9.17) is 4.74 Å². The molecule has 0 aliphatic rings. The van der Waals surface area contributed by atoms with Crippen molar-refractivity contribution < 1.29 is 19.4 Å². The van der Waals surface area contributed by atoms with Crippen molar-refractivity contribution in [2.24, 2.45) is 0 Å². The number of phenolic OH excluding ortho intramolecular Hbond substituents is 1. The second-order valence-electron chi connectivity index (χ2n) is 4.96. The molecule has 2 aromatic carbocycles. The van der Waals surface area contributed by atoms with Crippen LogP contribution in [0.4, 0.5) is 5.69 Å². The summed E-state index contributed by atoms with van der Waals surface area (Å²) in [5, 5.41) is 12.2. The van der Waals surface area contributed by atoms with E-state index in [1.54, 1.807) is 12.1 Å². The van der Waals surface area contributed by atoms with Crippen LogP contribution in [0.2, 0.25) is 0 Å². The first-order chi connectivity index (χ1) is 10.5. The maximum absolute atomic E-state index is 11.8. The number of amides is 1. The summed E-state index contributed by atoms with van der Waals surface area (Å²) in [6, 6.07) is 11.7. The van der Waals surface area contributed by atoms with Crippen LogP contribution in [0.25, 0.3) is 0 Å². The van der Waals surface area contributed by atoms with Crippen LogP contribution in [0.15, 0.2) is 42.5 Å². The smallest absolute Gasteiger partial charge is 0.342 e. The van der Waals surface area contributed by atoms with Gasteiger partial charge in [-0.2, -0.15) is 0 Å². The number of esters is 1. The summed E-state index contributed by atoms with van der Waals surface area (Å²) < 4.78 is 4.90. The van der Waals surface area contributed by atoms with Gasteiger partial charge in [0, 0.05) is 5.69 Å². The van der Waals surface area contributed by atoms with E-state index >= 15 is 0 Å². The van der Waals surface area contributed by atoms with Gasteiger partial charge >= 0.3 is 5.97 Å². The molecule has 22 heavy (non-hydrogen) atoms. The van der Waals surface area contributed by atoms with Gasteiger partial charge in [-0.1, -0.05) is 24.3 Å². The molecule has 0 aliphatic carbocycles. The SMILES string of the molecule is Cc1ccc(C)c(NC(=O)COC(=O)c2ccccc2O)c1. The van der Waals surface area contributed by atoms with Gasteiger partial charge in [-0.05, 0) is 43.2 Å². The van der Waals surface area contributed by atoms with E-state index in [-0.39, 0.29) is 11.3 Å². The van der Waals surface area contributed by atoms with Crippen LogP contribution in [-0.2, 0) is 9.53 Å². The number of phenols is 1. The monoisotopic (exact) mass is 299 g/mol. The average molecular weight is 299 g/mol. The summed E-state index contributed by atoms with van der Waals surface area (Å²) in [5.74, 6) is -1.35. The zero-order valence-corrected chi connectivity index (χ0v) is 12.4. The number of rotatable bonds is 4. The number of benzene rings is 2. The quantitative estimate of drug-likeness (QED) is 0.851. The fourth-order valence-corrected chi connectivity index (χ4v) is 1.91. The molecule has 0 radical (unpaired) electrons. The van der Waals surface area contributed by atoms with Gasteiger partial charge in [0.2, 0.25) is 0 Å². The Balaban J connectivity index is 1.94. The van der Waals surface area contributed by atoms with Crippen molar-refractivity contribution in [3.05, 3.63) is 59.2 Å². The lowest BCUT2D eigenvalue weighted by Gasteiger charge is -2.10. The standard InChI is InChI=1S/C17H17NO4/c1-11-7-8-12(2)14(9-11)18-16(20)10-22-17(21)13-5-3-4-6-15(13)19/h3-9,19H,10H2,1-2H3,(H,18,20). The van der Waals surface area contributed by atoms with Crippen LogP contribution in [0.3, 0.4) is 0 Å². The van der Waals surface area contributed by atoms with Crippen molar-refractivity contribution in [3.63, 3.8) is 0 Å². The Morgan fingerprint density at radius 3 is 2.59 bits per heavy atom. The first kappa shape index (κ1) is 15.6. The lowest BCUT2D eigenvalue weighted by Crippen LogP contribution is -2.21. The van der Waals surface area contributed by atoms with E-state index in [1.807, 2.05) is 32.0 Å². The van der Waals surface area contributed by atoms with Crippen LogP contribution in [0.1, 0.15) is 21.5 Å². The molecule has 0 aromatic heterocycles. The van der Waals surface area contributed by atoms with Gasteiger partial charge in [-0.25, -0.2) is 4.79 Å². The first-order valence-electron chi connectivity index (χ1n) is 6.79. The third kappa shape index (κ3) is 3.85. The molecule has 0 unspecified atom stereocenters. The minimum Gasteiger partial charge on any atom is -0.507 e. The van der Waals surface area contributed by atoms with E-state index in [0.717, 1.165) is 11.1 Å². The summed E-state index contributed by atoms with van der Waals surface area (Å²) in [5.41, 5.74) is 2.66. The molecule has 0 spiro atoms. The van der Waals surface area contributed by atoms with Crippen molar-refractivity contribution >= 4 is 17.6 Å². The molecule has 5 heteroatoms. The Hall–Kier alpha value is -2.82. The number of hydrogen-bond donors (Lipinski definition) is 2. The molecule has 0 saturated heterocycles. The molecule has 1 amide bonds. The Morgan fingerprint density at radius 2 is 1.86 bits per heavy atom. The van der Waals surface area contributed by atoms with Gasteiger partial charge in [0.1, 0.15) is 11.3 Å². The topological polar surface area (TPSA) is 75.6 Å². The molecule has 0 aliphatic heterocycles. The lowest BCUT2D eigenvalue weighted by atomic mass is 10.1. The Bertz CT molecular complexity index is 710. The minimum atomic E-state index is -0.741. The summed E-state index contributed by atoms with van der Waals surface area (Å²) in [6.45, 7) is 3.39. The number of hydrogen-bond acceptors (Lipinski definition) is 4. The molecule has 0 atom stereocenters. The highest BCUT2D eigenvalue weighted by Crippen LogP contribution is 2.17. The summed E-state index contributed by atoms with van der Waals surface area (Å²) in [4.78, 5) is 23.6. The number of nitrogens with one attached hydrogen (secondary N) is 1. The maximum Gasteiger partial charge on any atom is 0.342 e. The van der Waals surface area contributed by atoms with Crippen LogP contribution in [-0.4, -0.2) is 23.6 Å². The highest BCUT2D eigenvalue weighted by Gasteiger charge is 2.14. The van der Waals surface area contributed by atoms with E-state index in [2.05, 4.69) is 5.32 Å². The van der Waals surface area contributed by atoms with Gasteiger partial charge in [0.15, 0.2) is 6.61 Å². The Labute approximate surface area is 128 Å². The van der Waals surface area contributed by atoms with E-state index in [1.165, 1.54) is 12.1 Å². The molecule has 5 nitrogen and oxygen atoms in total. The number of aromatic hydroxyl groups is 1. The van der Waals surface area contributed by atoms with E-state index in [9.17, 15) is 14.7 Å². The number of para-hydroxylation sites is 1. The van der Waals surface area contributed by atoms with Crippen LogP contribution in [0.5, 0.6) is 5.75 Å². The number of anilines is 1. The van der Waals surface area contributed by atoms with Gasteiger partial charge in [0.25, 0.3) is 5.91 Å². The molecule has 0 fully saturated rings. The highest BCUT2D eigenvalue weighted by atomic mass is 16.5. The molecule has 2 rings (SSSR count). The number of carbonyl (C=O) groups is 2. The number of aryl methyl sites for hydroxylation is 2. The molecule has 0 saturated carbocycles. The number of carbonyl (C=O) groups excluding carboxylic acids is 2. The third-order valence-corrected chi connectivity index (χ3v) is 3.13.